The predicted molar refractivity (Wildman–Crippen MR) is 87.0 cm³/mol. The van der Waals surface area contributed by atoms with Crippen LogP contribution < -0.4 is 5.73 Å². The van der Waals surface area contributed by atoms with Gasteiger partial charge in [-0.05, 0) is 37.1 Å². The SMILES string of the molecule is Nc1ccnc(CN2CCC(CSc3ccccc3)C2)n1. The minimum Gasteiger partial charge on any atom is -0.384 e. The van der Waals surface area contributed by atoms with Crippen LogP contribution in [0.5, 0.6) is 0 Å². The molecule has 0 saturated carbocycles. The van der Waals surface area contributed by atoms with Crippen LogP contribution >= 0.6 is 11.8 Å². The van der Waals surface area contributed by atoms with Crippen LogP contribution in [-0.2, 0) is 6.54 Å². The van der Waals surface area contributed by atoms with E-state index in [1.54, 1.807) is 12.3 Å². The Morgan fingerprint density at radius 3 is 2.90 bits per heavy atom. The minimum absolute atomic E-state index is 0.551. The van der Waals surface area contributed by atoms with Crippen molar-refractivity contribution in [2.24, 2.45) is 5.92 Å². The molecule has 1 aliphatic heterocycles. The fraction of sp³-hybridized carbons (Fsp3) is 0.375. The van der Waals surface area contributed by atoms with Gasteiger partial charge in [-0.15, -0.1) is 11.8 Å². The number of aromatic nitrogens is 2. The molecule has 0 spiro atoms. The third kappa shape index (κ3) is 4.19. The van der Waals surface area contributed by atoms with Crippen molar-refractivity contribution in [3.05, 3.63) is 48.4 Å². The van der Waals surface area contributed by atoms with Crippen molar-refractivity contribution in [3.8, 4) is 0 Å². The Hall–Kier alpha value is -1.59. The molecule has 0 radical (unpaired) electrons. The first-order valence-electron chi connectivity index (χ1n) is 7.27. The summed E-state index contributed by atoms with van der Waals surface area (Å²) in [5, 5.41) is 0. The number of rotatable bonds is 5. The summed E-state index contributed by atoms with van der Waals surface area (Å²) in [6, 6.07) is 12.3. The maximum atomic E-state index is 5.70. The summed E-state index contributed by atoms with van der Waals surface area (Å²) >= 11 is 1.95. The van der Waals surface area contributed by atoms with Crippen LogP contribution in [0.1, 0.15) is 12.2 Å². The molecule has 5 heteroatoms. The molecule has 1 aliphatic rings. The van der Waals surface area contributed by atoms with Gasteiger partial charge in [0.25, 0.3) is 0 Å². The van der Waals surface area contributed by atoms with Gasteiger partial charge in [-0.2, -0.15) is 0 Å². The number of nitrogens with zero attached hydrogens (tertiary/aromatic N) is 3. The fourth-order valence-corrected chi connectivity index (χ4v) is 3.66. The Labute approximate surface area is 129 Å². The average molecular weight is 300 g/mol. The van der Waals surface area contributed by atoms with E-state index in [1.165, 1.54) is 17.1 Å². The second-order valence-corrected chi connectivity index (χ2v) is 6.51. The Morgan fingerprint density at radius 1 is 1.24 bits per heavy atom. The number of hydrogen-bond acceptors (Lipinski definition) is 5. The number of hydrogen-bond donors (Lipinski definition) is 1. The topological polar surface area (TPSA) is 55.0 Å². The lowest BCUT2D eigenvalue weighted by molar-refractivity contribution is 0.313. The lowest BCUT2D eigenvalue weighted by Crippen LogP contribution is -2.22. The van der Waals surface area contributed by atoms with Crippen molar-refractivity contribution < 1.29 is 0 Å². The lowest BCUT2D eigenvalue weighted by atomic mass is 10.2. The molecule has 0 bridgehead atoms. The zero-order chi connectivity index (χ0) is 14.5. The van der Waals surface area contributed by atoms with E-state index in [-0.39, 0.29) is 0 Å². The molecule has 3 rings (SSSR count). The molecule has 1 aromatic heterocycles. The molecule has 0 amide bonds. The van der Waals surface area contributed by atoms with E-state index in [0.29, 0.717) is 5.82 Å². The van der Waals surface area contributed by atoms with Gasteiger partial charge < -0.3 is 5.73 Å². The highest BCUT2D eigenvalue weighted by Crippen LogP contribution is 2.26. The molecule has 0 aliphatic carbocycles. The van der Waals surface area contributed by atoms with E-state index >= 15 is 0 Å². The Morgan fingerprint density at radius 2 is 2.10 bits per heavy atom. The molecule has 1 atom stereocenters. The lowest BCUT2D eigenvalue weighted by Gasteiger charge is -2.15. The molecule has 2 heterocycles. The molecule has 110 valence electrons. The maximum Gasteiger partial charge on any atom is 0.144 e. The third-order valence-corrected chi connectivity index (χ3v) is 4.93. The molecule has 2 aromatic rings. The zero-order valence-corrected chi connectivity index (χ0v) is 12.8. The number of likely N-dealkylation sites (tertiary alicyclic amines) is 1. The van der Waals surface area contributed by atoms with Gasteiger partial charge >= 0.3 is 0 Å². The standard InChI is InChI=1S/C16H20N4S/c17-15-6-8-18-16(19-15)11-20-9-7-13(10-20)12-21-14-4-2-1-3-5-14/h1-6,8,13H,7,9-12H2,(H2,17,18,19). The molecule has 21 heavy (non-hydrogen) atoms. The van der Waals surface area contributed by atoms with E-state index in [9.17, 15) is 0 Å². The normalized spacial score (nSPS) is 19.0. The predicted octanol–water partition coefficient (Wildman–Crippen LogP) is 2.67. The average Bonchev–Trinajstić information content (AvgIpc) is 2.94. The van der Waals surface area contributed by atoms with Crippen molar-refractivity contribution in [3.63, 3.8) is 0 Å². The summed E-state index contributed by atoms with van der Waals surface area (Å²) in [6.07, 6.45) is 2.98. The Kier molecular flexibility index (Phi) is 4.72. The molecule has 2 N–H and O–H groups in total. The van der Waals surface area contributed by atoms with Gasteiger partial charge in [-0.3, -0.25) is 4.90 Å². The zero-order valence-electron chi connectivity index (χ0n) is 12.0. The van der Waals surface area contributed by atoms with Gasteiger partial charge in [-0.25, -0.2) is 9.97 Å². The summed E-state index contributed by atoms with van der Waals surface area (Å²) in [6.45, 7) is 3.05. The summed E-state index contributed by atoms with van der Waals surface area (Å²) < 4.78 is 0. The smallest absolute Gasteiger partial charge is 0.144 e. The van der Waals surface area contributed by atoms with Crippen molar-refractivity contribution in [2.75, 3.05) is 24.6 Å². The molecule has 4 nitrogen and oxygen atoms in total. The van der Waals surface area contributed by atoms with E-state index < -0.39 is 0 Å². The second kappa shape index (κ2) is 6.91. The van der Waals surface area contributed by atoms with Crippen molar-refractivity contribution in [1.82, 2.24) is 14.9 Å². The van der Waals surface area contributed by atoms with Crippen LogP contribution in [0.25, 0.3) is 0 Å². The highest BCUT2D eigenvalue weighted by molar-refractivity contribution is 7.99. The highest BCUT2D eigenvalue weighted by atomic mass is 32.2. The van der Waals surface area contributed by atoms with E-state index in [2.05, 4.69) is 45.2 Å². The Balaban J connectivity index is 1.47. The monoisotopic (exact) mass is 300 g/mol. The van der Waals surface area contributed by atoms with E-state index in [4.69, 9.17) is 5.73 Å². The van der Waals surface area contributed by atoms with Gasteiger partial charge in [0.1, 0.15) is 11.6 Å². The molecule has 1 aromatic carbocycles. The summed E-state index contributed by atoms with van der Waals surface area (Å²) in [4.78, 5) is 12.3. The third-order valence-electron chi connectivity index (χ3n) is 3.69. The number of nitrogen functional groups attached to an aromatic ring is 1. The van der Waals surface area contributed by atoms with Crippen LogP contribution in [-0.4, -0.2) is 33.7 Å². The minimum atomic E-state index is 0.551. The van der Waals surface area contributed by atoms with Crippen molar-refractivity contribution in [2.45, 2.75) is 17.9 Å². The quantitative estimate of drug-likeness (QED) is 0.860. The van der Waals surface area contributed by atoms with Gasteiger partial charge in [0.15, 0.2) is 0 Å². The number of nitrogens with two attached hydrogens (primary N) is 1. The first kappa shape index (κ1) is 14.4. The molecular weight excluding hydrogens is 280 g/mol. The van der Waals surface area contributed by atoms with Gasteiger partial charge in [0.05, 0.1) is 6.54 Å². The molecule has 1 fully saturated rings. The second-order valence-electron chi connectivity index (χ2n) is 5.41. The molecule has 1 unspecified atom stereocenters. The van der Waals surface area contributed by atoms with Crippen molar-refractivity contribution in [1.29, 1.82) is 0 Å². The van der Waals surface area contributed by atoms with Crippen LogP contribution in [0.2, 0.25) is 0 Å². The highest BCUT2D eigenvalue weighted by Gasteiger charge is 2.23. The number of anilines is 1. The summed E-state index contributed by atoms with van der Waals surface area (Å²) in [7, 11) is 0. The first-order chi connectivity index (χ1) is 10.3. The van der Waals surface area contributed by atoms with E-state index in [1.807, 2.05) is 11.8 Å². The molecular formula is C16H20N4S. The van der Waals surface area contributed by atoms with Crippen LogP contribution in [0.15, 0.2) is 47.5 Å². The largest absolute Gasteiger partial charge is 0.384 e. The summed E-state index contributed by atoms with van der Waals surface area (Å²) in [5.74, 6) is 3.30. The number of thioether (sulfide) groups is 1. The fourth-order valence-electron chi connectivity index (χ4n) is 2.61. The van der Waals surface area contributed by atoms with E-state index in [0.717, 1.165) is 31.4 Å². The van der Waals surface area contributed by atoms with Crippen LogP contribution in [0.4, 0.5) is 5.82 Å². The Bertz CT molecular complexity index is 575. The van der Waals surface area contributed by atoms with Crippen molar-refractivity contribution >= 4 is 17.6 Å². The summed E-state index contributed by atoms with van der Waals surface area (Å²) in [5.41, 5.74) is 5.70. The molecule has 1 saturated heterocycles. The van der Waals surface area contributed by atoms with Crippen LogP contribution in [0.3, 0.4) is 0 Å². The first-order valence-corrected chi connectivity index (χ1v) is 8.26. The van der Waals surface area contributed by atoms with Gasteiger partial charge in [0.2, 0.25) is 0 Å². The number of benzene rings is 1. The van der Waals surface area contributed by atoms with Crippen LogP contribution in [0, 0.1) is 5.92 Å². The van der Waals surface area contributed by atoms with Gasteiger partial charge in [-0.1, -0.05) is 18.2 Å². The maximum absolute atomic E-state index is 5.70. The van der Waals surface area contributed by atoms with Gasteiger partial charge in [0, 0.05) is 23.4 Å².